The molecule has 0 aromatic carbocycles. The third-order valence-corrected chi connectivity index (χ3v) is 4.69. The summed E-state index contributed by atoms with van der Waals surface area (Å²) in [6, 6.07) is 9.35. The zero-order chi connectivity index (χ0) is 16.1. The van der Waals surface area contributed by atoms with Crippen molar-refractivity contribution in [2.75, 3.05) is 6.54 Å². The number of rotatable bonds is 6. The van der Waals surface area contributed by atoms with Crippen LogP contribution in [0.5, 0.6) is 0 Å². The Bertz CT molecular complexity index is 773. The standard InChI is InChI=1S/C17H15NO3S2/c19-14(10-18-17(20)6-3-13-2-1-8-23-13)16-5-4-15(21-16)12-7-9-22-11-12/h1-9,11,14,19H,10H2,(H,18,20). The van der Waals surface area contributed by atoms with Gasteiger partial charge >= 0.3 is 0 Å². The summed E-state index contributed by atoms with van der Waals surface area (Å²) in [4.78, 5) is 12.7. The molecule has 0 saturated carbocycles. The lowest BCUT2D eigenvalue weighted by Gasteiger charge is -2.08. The predicted octanol–water partition coefficient (Wildman–Crippen LogP) is 3.93. The Hall–Kier alpha value is -2.15. The van der Waals surface area contributed by atoms with Gasteiger partial charge in [-0.25, -0.2) is 0 Å². The Kier molecular flexibility index (Phi) is 5.07. The Morgan fingerprint density at radius 2 is 2.22 bits per heavy atom. The molecule has 0 fully saturated rings. The summed E-state index contributed by atoms with van der Waals surface area (Å²) in [7, 11) is 0. The zero-order valence-electron chi connectivity index (χ0n) is 12.1. The zero-order valence-corrected chi connectivity index (χ0v) is 13.8. The summed E-state index contributed by atoms with van der Waals surface area (Å²) < 4.78 is 5.63. The predicted molar refractivity (Wildman–Crippen MR) is 93.3 cm³/mol. The van der Waals surface area contributed by atoms with Crippen LogP contribution >= 0.6 is 22.7 Å². The highest BCUT2D eigenvalue weighted by Crippen LogP contribution is 2.26. The van der Waals surface area contributed by atoms with Gasteiger partial charge in [-0.3, -0.25) is 4.79 Å². The van der Waals surface area contributed by atoms with Crippen molar-refractivity contribution in [1.29, 1.82) is 0 Å². The van der Waals surface area contributed by atoms with Crippen LogP contribution in [-0.4, -0.2) is 17.6 Å². The second-order valence-corrected chi connectivity index (χ2v) is 6.58. The van der Waals surface area contributed by atoms with Crippen LogP contribution in [0.15, 0.2) is 57.0 Å². The molecule has 2 N–H and O–H groups in total. The number of hydrogen-bond acceptors (Lipinski definition) is 5. The minimum absolute atomic E-state index is 0.101. The summed E-state index contributed by atoms with van der Waals surface area (Å²) in [5.41, 5.74) is 0.983. The molecule has 0 spiro atoms. The molecule has 3 heterocycles. The maximum absolute atomic E-state index is 11.7. The first-order valence-electron chi connectivity index (χ1n) is 7.02. The van der Waals surface area contributed by atoms with Crippen molar-refractivity contribution in [3.8, 4) is 11.3 Å². The van der Waals surface area contributed by atoms with Crippen LogP contribution < -0.4 is 5.32 Å². The number of amides is 1. The summed E-state index contributed by atoms with van der Waals surface area (Å²) in [6.07, 6.45) is 2.33. The van der Waals surface area contributed by atoms with Crippen LogP contribution in [0.3, 0.4) is 0 Å². The molecule has 1 atom stereocenters. The van der Waals surface area contributed by atoms with E-state index >= 15 is 0 Å². The van der Waals surface area contributed by atoms with Crippen molar-refractivity contribution in [2.45, 2.75) is 6.10 Å². The SMILES string of the molecule is O=C(C=Cc1cccs1)NCC(O)c1ccc(-c2ccsc2)o1. The van der Waals surface area contributed by atoms with Gasteiger partial charge in [-0.05, 0) is 41.1 Å². The molecule has 0 aliphatic carbocycles. The van der Waals surface area contributed by atoms with E-state index in [0.717, 1.165) is 10.4 Å². The van der Waals surface area contributed by atoms with Crippen LogP contribution in [0.2, 0.25) is 0 Å². The van der Waals surface area contributed by atoms with Crippen LogP contribution in [0, 0.1) is 0 Å². The first kappa shape index (κ1) is 15.7. The average molecular weight is 345 g/mol. The lowest BCUT2D eigenvalue weighted by molar-refractivity contribution is -0.116. The van der Waals surface area contributed by atoms with E-state index in [4.69, 9.17) is 4.42 Å². The highest BCUT2D eigenvalue weighted by atomic mass is 32.1. The van der Waals surface area contributed by atoms with Crippen molar-refractivity contribution in [3.05, 3.63) is 63.2 Å². The summed E-state index contributed by atoms with van der Waals surface area (Å²) in [5.74, 6) is 0.903. The van der Waals surface area contributed by atoms with E-state index < -0.39 is 6.10 Å². The summed E-state index contributed by atoms with van der Waals surface area (Å²) >= 11 is 3.14. The summed E-state index contributed by atoms with van der Waals surface area (Å²) in [6.45, 7) is 0.101. The molecule has 0 bridgehead atoms. The van der Waals surface area contributed by atoms with Crippen molar-refractivity contribution >= 4 is 34.7 Å². The van der Waals surface area contributed by atoms with Gasteiger partial charge in [0, 0.05) is 21.9 Å². The molecule has 3 aromatic heterocycles. The highest BCUT2D eigenvalue weighted by Gasteiger charge is 2.14. The first-order chi connectivity index (χ1) is 11.2. The van der Waals surface area contributed by atoms with Crippen molar-refractivity contribution in [1.82, 2.24) is 5.32 Å². The van der Waals surface area contributed by atoms with Gasteiger partial charge in [0.05, 0.1) is 6.54 Å². The molecule has 4 nitrogen and oxygen atoms in total. The molecule has 0 aliphatic rings. The number of carbonyl (C=O) groups is 1. The number of nitrogens with one attached hydrogen (secondary N) is 1. The molecule has 23 heavy (non-hydrogen) atoms. The molecule has 0 radical (unpaired) electrons. The van der Waals surface area contributed by atoms with Crippen LogP contribution in [0.4, 0.5) is 0 Å². The smallest absolute Gasteiger partial charge is 0.244 e. The second kappa shape index (κ2) is 7.41. The number of aliphatic hydroxyl groups is 1. The van der Waals surface area contributed by atoms with E-state index in [9.17, 15) is 9.90 Å². The van der Waals surface area contributed by atoms with Gasteiger partial charge < -0.3 is 14.8 Å². The lowest BCUT2D eigenvalue weighted by atomic mass is 10.2. The maximum atomic E-state index is 11.7. The largest absolute Gasteiger partial charge is 0.458 e. The van der Waals surface area contributed by atoms with Crippen LogP contribution in [-0.2, 0) is 4.79 Å². The van der Waals surface area contributed by atoms with Gasteiger partial charge in [0.15, 0.2) is 0 Å². The molecule has 3 rings (SSSR count). The average Bonchev–Trinajstić information content (AvgIpc) is 3.31. The van der Waals surface area contributed by atoms with Gasteiger partial charge in [0.1, 0.15) is 17.6 Å². The van der Waals surface area contributed by atoms with E-state index in [0.29, 0.717) is 11.5 Å². The normalized spacial score (nSPS) is 12.6. The van der Waals surface area contributed by atoms with Crippen molar-refractivity contribution in [3.63, 3.8) is 0 Å². The van der Waals surface area contributed by atoms with Crippen LogP contribution in [0.25, 0.3) is 17.4 Å². The topological polar surface area (TPSA) is 62.5 Å². The summed E-state index contributed by atoms with van der Waals surface area (Å²) in [5, 5.41) is 18.7. The van der Waals surface area contributed by atoms with Gasteiger partial charge in [0.25, 0.3) is 0 Å². The molecular formula is C17H15NO3S2. The highest BCUT2D eigenvalue weighted by molar-refractivity contribution is 7.10. The minimum Gasteiger partial charge on any atom is -0.458 e. The van der Waals surface area contributed by atoms with Gasteiger partial charge in [0.2, 0.25) is 5.91 Å². The van der Waals surface area contributed by atoms with E-state index in [1.807, 2.05) is 40.4 Å². The fourth-order valence-electron chi connectivity index (χ4n) is 1.99. The van der Waals surface area contributed by atoms with E-state index in [1.165, 1.54) is 6.08 Å². The number of carbonyl (C=O) groups excluding carboxylic acids is 1. The Morgan fingerprint density at radius 1 is 1.30 bits per heavy atom. The quantitative estimate of drug-likeness (QED) is 0.665. The molecule has 1 unspecified atom stereocenters. The molecule has 3 aromatic rings. The maximum Gasteiger partial charge on any atom is 0.244 e. The molecule has 0 saturated heterocycles. The Balaban J connectivity index is 1.53. The van der Waals surface area contributed by atoms with E-state index in [1.54, 1.807) is 34.8 Å². The Morgan fingerprint density at radius 3 is 2.96 bits per heavy atom. The number of aliphatic hydroxyl groups excluding tert-OH is 1. The lowest BCUT2D eigenvalue weighted by Crippen LogP contribution is -2.26. The van der Waals surface area contributed by atoms with Gasteiger partial charge in [-0.15, -0.1) is 11.3 Å². The molecule has 0 aliphatic heterocycles. The second-order valence-electron chi connectivity index (χ2n) is 4.82. The number of thiophene rings is 2. The minimum atomic E-state index is -0.874. The Labute approximate surface area is 141 Å². The third kappa shape index (κ3) is 4.19. The molecular weight excluding hydrogens is 330 g/mol. The van der Waals surface area contributed by atoms with E-state index in [2.05, 4.69) is 5.32 Å². The molecule has 6 heteroatoms. The fraction of sp³-hybridized carbons (Fsp3) is 0.118. The van der Waals surface area contributed by atoms with Crippen molar-refractivity contribution < 1.29 is 14.3 Å². The molecule has 1 amide bonds. The fourth-order valence-corrected chi connectivity index (χ4v) is 3.26. The van der Waals surface area contributed by atoms with Gasteiger partial charge in [-0.1, -0.05) is 6.07 Å². The van der Waals surface area contributed by atoms with E-state index in [-0.39, 0.29) is 12.5 Å². The third-order valence-electron chi connectivity index (χ3n) is 3.17. The van der Waals surface area contributed by atoms with Crippen LogP contribution in [0.1, 0.15) is 16.7 Å². The number of furan rings is 1. The first-order valence-corrected chi connectivity index (χ1v) is 8.84. The van der Waals surface area contributed by atoms with Gasteiger partial charge in [-0.2, -0.15) is 11.3 Å². The van der Waals surface area contributed by atoms with Crippen molar-refractivity contribution in [2.24, 2.45) is 0 Å². The monoisotopic (exact) mass is 345 g/mol. The molecule has 118 valence electrons. The number of hydrogen-bond donors (Lipinski definition) is 2.